The fourth-order valence-electron chi connectivity index (χ4n) is 2.15. The minimum Gasteiger partial charge on any atom is -0.359 e. The lowest BCUT2D eigenvalue weighted by Crippen LogP contribution is -2.34. The van der Waals surface area contributed by atoms with Crippen LogP contribution in [0, 0.1) is 5.82 Å². The van der Waals surface area contributed by atoms with Crippen LogP contribution in [0.25, 0.3) is 0 Å². The van der Waals surface area contributed by atoms with E-state index in [9.17, 15) is 4.39 Å². The quantitative estimate of drug-likeness (QED) is 0.818. The number of halogens is 1. The molecule has 2 rings (SSSR count). The lowest BCUT2D eigenvalue weighted by Gasteiger charge is -2.19. The Morgan fingerprint density at radius 2 is 1.30 bits per heavy atom. The van der Waals surface area contributed by atoms with Crippen molar-refractivity contribution in [3.8, 4) is 0 Å². The van der Waals surface area contributed by atoms with Crippen molar-refractivity contribution in [3.05, 3.63) is 71.0 Å². The second-order valence-electron chi connectivity index (χ2n) is 6.61. The highest BCUT2D eigenvalue weighted by atomic mass is 32.1. The maximum absolute atomic E-state index is 12.8. The Labute approximate surface area is 143 Å². The predicted molar refractivity (Wildman–Crippen MR) is 97.8 cm³/mol. The molecular weight excluding hydrogens is 307 g/mol. The summed E-state index contributed by atoms with van der Waals surface area (Å²) in [5, 5.41) is 6.90. The SMILES string of the molecule is CC(C)(C)c1ccc(CNC(=S)NCc2ccc(F)cc2)cc1. The van der Waals surface area contributed by atoms with Gasteiger partial charge in [0, 0.05) is 13.1 Å². The van der Waals surface area contributed by atoms with E-state index < -0.39 is 0 Å². The maximum atomic E-state index is 12.8. The first-order valence-corrected chi connectivity index (χ1v) is 8.11. The third kappa shape index (κ3) is 5.64. The number of benzene rings is 2. The van der Waals surface area contributed by atoms with Gasteiger partial charge in [0.05, 0.1) is 0 Å². The zero-order chi connectivity index (χ0) is 16.9. The van der Waals surface area contributed by atoms with Crippen LogP contribution in [0.2, 0.25) is 0 Å². The van der Waals surface area contributed by atoms with Crippen LogP contribution in [0.15, 0.2) is 48.5 Å². The number of thiocarbonyl (C=S) groups is 1. The molecule has 2 nitrogen and oxygen atoms in total. The molecule has 122 valence electrons. The van der Waals surface area contributed by atoms with Crippen LogP contribution in [-0.2, 0) is 18.5 Å². The summed E-state index contributed by atoms with van der Waals surface area (Å²) in [6, 6.07) is 14.9. The molecule has 0 aliphatic heterocycles. The van der Waals surface area contributed by atoms with Crippen LogP contribution in [0.5, 0.6) is 0 Å². The van der Waals surface area contributed by atoms with E-state index in [0.29, 0.717) is 18.2 Å². The third-order valence-corrected chi connectivity index (χ3v) is 3.93. The van der Waals surface area contributed by atoms with E-state index in [1.807, 2.05) is 0 Å². The standard InChI is InChI=1S/C19H23FN2S/c1-19(2,3)16-8-4-14(5-9-16)12-21-18(23)22-13-15-6-10-17(20)11-7-15/h4-11H,12-13H2,1-3H3,(H2,21,22,23). The molecule has 0 aliphatic carbocycles. The van der Waals surface area contributed by atoms with Gasteiger partial charge in [-0.05, 0) is 46.5 Å². The van der Waals surface area contributed by atoms with Crippen LogP contribution in [0.3, 0.4) is 0 Å². The maximum Gasteiger partial charge on any atom is 0.166 e. The summed E-state index contributed by atoms with van der Waals surface area (Å²) in [5.41, 5.74) is 3.66. The molecule has 0 heterocycles. The van der Waals surface area contributed by atoms with Crippen LogP contribution in [0.1, 0.15) is 37.5 Å². The van der Waals surface area contributed by atoms with Crippen molar-refractivity contribution < 1.29 is 4.39 Å². The van der Waals surface area contributed by atoms with Gasteiger partial charge in [-0.1, -0.05) is 57.2 Å². The predicted octanol–water partition coefficient (Wildman–Crippen LogP) is 4.29. The van der Waals surface area contributed by atoms with E-state index in [-0.39, 0.29) is 11.2 Å². The minimum absolute atomic E-state index is 0.165. The topological polar surface area (TPSA) is 24.1 Å². The van der Waals surface area contributed by atoms with Crippen LogP contribution < -0.4 is 10.6 Å². The van der Waals surface area contributed by atoms with E-state index >= 15 is 0 Å². The molecule has 0 spiro atoms. The van der Waals surface area contributed by atoms with Crippen molar-refractivity contribution in [1.29, 1.82) is 0 Å². The monoisotopic (exact) mass is 330 g/mol. The Hall–Kier alpha value is -1.94. The van der Waals surface area contributed by atoms with E-state index in [4.69, 9.17) is 12.2 Å². The molecule has 0 bridgehead atoms. The molecule has 0 fully saturated rings. The van der Waals surface area contributed by atoms with Gasteiger partial charge < -0.3 is 10.6 Å². The van der Waals surface area contributed by atoms with E-state index in [1.54, 1.807) is 12.1 Å². The normalized spacial score (nSPS) is 11.1. The van der Waals surface area contributed by atoms with Crippen LogP contribution >= 0.6 is 12.2 Å². The molecule has 2 aromatic rings. The molecule has 4 heteroatoms. The molecule has 0 amide bonds. The lowest BCUT2D eigenvalue weighted by atomic mass is 9.87. The van der Waals surface area contributed by atoms with Gasteiger partial charge in [0.25, 0.3) is 0 Å². The Kier molecular flexibility index (Phi) is 5.72. The highest BCUT2D eigenvalue weighted by Crippen LogP contribution is 2.22. The molecule has 2 N–H and O–H groups in total. The van der Waals surface area contributed by atoms with E-state index in [1.165, 1.54) is 23.3 Å². The van der Waals surface area contributed by atoms with Crippen LogP contribution in [0.4, 0.5) is 4.39 Å². The smallest absolute Gasteiger partial charge is 0.166 e. The second kappa shape index (κ2) is 7.55. The van der Waals surface area contributed by atoms with Gasteiger partial charge in [0.15, 0.2) is 5.11 Å². The third-order valence-electron chi connectivity index (χ3n) is 3.64. The first kappa shape index (κ1) is 17.4. The molecule has 0 radical (unpaired) electrons. The molecule has 0 unspecified atom stereocenters. The zero-order valence-corrected chi connectivity index (χ0v) is 14.6. The zero-order valence-electron chi connectivity index (χ0n) is 13.8. The van der Waals surface area contributed by atoms with Crippen molar-refractivity contribution >= 4 is 17.3 Å². The van der Waals surface area contributed by atoms with Crippen molar-refractivity contribution in [1.82, 2.24) is 10.6 Å². The van der Waals surface area contributed by atoms with E-state index in [0.717, 1.165) is 5.56 Å². The minimum atomic E-state index is -0.229. The highest BCUT2D eigenvalue weighted by Gasteiger charge is 2.12. The first-order valence-electron chi connectivity index (χ1n) is 7.70. The number of rotatable bonds is 4. The summed E-state index contributed by atoms with van der Waals surface area (Å²) < 4.78 is 12.8. The second-order valence-corrected chi connectivity index (χ2v) is 7.02. The summed E-state index contributed by atoms with van der Waals surface area (Å²) in [6.45, 7) is 7.87. The van der Waals surface area contributed by atoms with Gasteiger partial charge >= 0.3 is 0 Å². The van der Waals surface area contributed by atoms with E-state index in [2.05, 4.69) is 55.7 Å². The lowest BCUT2D eigenvalue weighted by molar-refractivity contribution is 0.590. The number of nitrogens with one attached hydrogen (secondary N) is 2. The molecular formula is C19H23FN2S. The average Bonchev–Trinajstić information content (AvgIpc) is 2.52. The van der Waals surface area contributed by atoms with Gasteiger partial charge in [-0.25, -0.2) is 4.39 Å². The van der Waals surface area contributed by atoms with Crippen molar-refractivity contribution in [2.45, 2.75) is 39.3 Å². The largest absolute Gasteiger partial charge is 0.359 e. The summed E-state index contributed by atoms with van der Waals surface area (Å²) in [6.07, 6.45) is 0. The van der Waals surface area contributed by atoms with Gasteiger partial charge in [-0.3, -0.25) is 0 Å². The summed E-state index contributed by atoms with van der Waals surface area (Å²) >= 11 is 5.27. The number of hydrogen-bond acceptors (Lipinski definition) is 1. The van der Waals surface area contributed by atoms with Gasteiger partial charge in [0.2, 0.25) is 0 Å². The fourth-order valence-corrected chi connectivity index (χ4v) is 2.30. The average molecular weight is 330 g/mol. The summed E-state index contributed by atoms with van der Waals surface area (Å²) in [5.74, 6) is -0.229. The molecule has 0 saturated carbocycles. The Morgan fingerprint density at radius 1 is 0.870 bits per heavy atom. The van der Waals surface area contributed by atoms with Crippen LogP contribution in [-0.4, -0.2) is 5.11 Å². The van der Waals surface area contributed by atoms with Gasteiger partial charge in [0.1, 0.15) is 5.82 Å². The Balaban J connectivity index is 1.79. The molecule has 0 atom stereocenters. The molecule has 0 saturated heterocycles. The van der Waals surface area contributed by atoms with Gasteiger partial charge in [-0.2, -0.15) is 0 Å². The highest BCUT2D eigenvalue weighted by molar-refractivity contribution is 7.80. The van der Waals surface area contributed by atoms with Crippen molar-refractivity contribution in [3.63, 3.8) is 0 Å². The number of hydrogen-bond donors (Lipinski definition) is 2. The molecule has 23 heavy (non-hydrogen) atoms. The van der Waals surface area contributed by atoms with Crippen molar-refractivity contribution in [2.75, 3.05) is 0 Å². The fraction of sp³-hybridized carbons (Fsp3) is 0.316. The molecule has 2 aromatic carbocycles. The summed E-state index contributed by atoms with van der Waals surface area (Å²) in [7, 11) is 0. The molecule has 0 aromatic heterocycles. The Bertz CT molecular complexity index is 643. The van der Waals surface area contributed by atoms with Gasteiger partial charge in [-0.15, -0.1) is 0 Å². The Morgan fingerprint density at radius 3 is 1.74 bits per heavy atom. The first-order chi connectivity index (χ1) is 10.8. The summed E-state index contributed by atoms with van der Waals surface area (Å²) in [4.78, 5) is 0. The molecule has 0 aliphatic rings. The van der Waals surface area contributed by atoms with Crippen molar-refractivity contribution in [2.24, 2.45) is 0 Å².